The summed E-state index contributed by atoms with van der Waals surface area (Å²) in [5.74, 6) is 1.26. The number of rotatable bonds is 2. The van der Waals surface area contributed by atoms with Crippen molar-refractivity contribution in [2.45, 2.75) is 18.9 Å². The molecule has 0 aromatic carbocycles. The van der Waals surface area contributed by atoms with Gasteiger partial charge in [0.15, 0.2) is 0 Å². The molecule has 1 atom stereocenters. The van der Waals surface area contributed by atoms with Gasteiger partial charge in [-0.3, -0.25) is 4.40 Å². The third kappa shape index (κ3) is 1.52. The molecule has 0 amide bonds. The topological polar surface area (TPSA) is 20.5 Å². The lowest BCUT2D eigenvalue weighted by atomic mass is 10.2. The van der Waals surface area contributed by atoms with Gasteiger partial charge >= 0.3 is 0 Å². The first-order valence-electron chi connectivity index (χ1n) is 5.65. The quantitative estimate of drug-likeness (QED) is 0.788. The molecule has 4 heteroatoms. The summed E-state index contributed by atoms with van der Waals surface area (Å²) in [6, 6.07) is 6.92. The summed E-state index contributed by atoms with van der Waals surface area (Å²) in [4.78, 5) is 6.80. The lowest BCUT2D eigenvalue weighted by Gasteiger charge is -2.26. The number of anilines is 1. The van der Waals surface area contributed by atoms with Gasteiger partial charge in [-0.05, 0) is 25.0 Å². The number of alkyl halides is 1. The van der Waals surface area contributed by atoms with Crippen molar-refractivity contribution in [2.75, 3.05) is 16.8 Å². The molecule has 1 unspecified atom stereocenters. The Hall–Kier alpha value is -1.03. The Morgan fingerprint density at radius 3 is 3.25 bits per heavy atom. The minimum atomic E-state index is 0.619. The Labute approximate surface area is 103 Å². The lowest BCUT2D eigenvalue weighted by molar-refractivity contribution is 0.737. The normalized spacial score (nSPS) is 20.8. The molecule has 3 heterocycles. The van der Waals surface area contributed by atoms with Crippen LogP contribution >= 0.6 is 15.9 Å². The van der Waals surface area contributed by atoms with Crippen molar-refractivity contribution < 1.29 is 0 Å². The van der Waals surface area contributed by atoms with Crippen LogP contribution in [0.25, 0.3) is 5.65 Å². The molecule has 3 rings (SSSR count). The highest BCUT2D eigenvalue weighted by Crippen LogP contribution is 2.26. The Morgan fingerprint density at radius 1 is 1.44 bits per heavy atom. The highest BCUT2D eigenvalue weighted by atomic mass is 79.9. The molecular weight excluding hydrogens is 266 g/mol. The van der Waals surface area contributed by atoms with Crippen molar-refractivity contribution >= 4 is 27.4 Å². The van der Waals surface area contributed by atoms with E-state index in [2.05, 4.69) is 42.3 Å². The third-order valence-electron chi connectivity index (χ3n) is 3.26. The van der Waals surface area contributed by atoms with Crippen molar-refractivity contribution in [3.63, 3.8) is 0 Å². The molecule has 1 aliphatic heterocycles. The molecule has 2 aromatic rings. The maximum atomic E-state index is 4.33. The van der Waals surface area contributed by atoms with Gasteiger partial charge in [0, 0.05) is 30.3 Å². The predicted octanol–water partition coefficient (Wildman–Crippen LogP) is 2.70. The van der Waals surface area contributed by atoms with E-state index in [0.717, 1.165) is 17.5 Å². The highest BCUT2D eigenvalue weighted by Gasteiger charge is 2.24. The Morgan fingerprint density at radius 2 is 2.38 bits per heavy atom. The Balaban J connectivity index is 2.07. The zero-order valence-electron chi connectivity index (χ0n) is 9.01. The molecule has 2 aromatic heterocycles. The summed E-state index contributed by atoms with van der Waals surface area (Å²) in [5, 5.41) is 1.04. The summed E-state index contributed by atoms with van der Waals surface area (Å²) in [6.07, 6.45) is 6.45. The maximum Gasteiger partial charge on any atom is 0.138 e. The first-order valence-corrected chi connectivity index (χ1v) is 6.77. The van der Waals surface area contributed by atoms with Gasteiger partial charge in [-0.25, -0.2) is 4.98 Å². The molecule has 3 nitrogen and oxygen atoms in total. The van der Waals surface area contributed by atoms with Crippen LogP contribution in [-0.4, -0.2) is 27.3 Å². The zero-order chi connectivity index (χ0) is 11.0. The fraction of sp³-hybridized carbons (Fsp3) is 0.417. The van der Waals surface area contributed by atoms with Gasteiger partial charge in [-0.15, -0.1) is 0 Å². The first-order chi connectivity index (χ1) is 7.90. The minimum absolute atomic E-state index is 0.619. The fourth-order valence-electron chi connectivity index (χ4n) is 2.46. The van der Waals surface area contributed by atoms with E-state index in [-0.39, 0.29) is 0 Å². The second kappa shape index (κ2) is 4.09. The smallest absolute Gasteiger partial charge is 0.138 e. The van der Waals surface area contributed by atoms with Crippen molar-refractivity contribution in [3.8, 4) is 0 Å². The molecule has 0 spiro atoms. The van der Waals surface area contributed by atoms with Crippen LogP contribution in [0.15, 0.2) is 30.6 Å². The van der Waals surface area contributed by atoms with Crippen molar-refractivity contribution in [3.05, 3.63) is 30.6 Å². The van der Waals surface area contributed by atoms with E-state index < -0.39 is 0 Å². The van der Waals surface area contributed by atoms with Gasteiger partial charge in [-0.1, -0.05) is 22.0 Å². The van der Waals surface area contributed by atoms with Crippen molar-refractivity contribution in [1.82, 2.24) is 9.38 Å². The summed E-state index contributed by atoms with van der Waals surface area (Å²) >= 11 is 3.60. The largest absolute Gasteiger partial charge is 0.354 e. The Kier molecular flexibility index (Phi) is 2.59. The molecular formula is C12H14BrN3. The van der Waals surface area contributed by atoms with E-state index in [4.69, 9.17) is 0 Å². The van der Waals surface area contributed by atoms with Gasteiger partial charge < -0.3 is 4.90 Å². The average Bonchev–Trinajstić information content (AvgIpc) is 2.96. The molecule has 16 heavy (non-hydrogen) atoms. The van der Waals surface area contributed by atoms with E-state index in [9.17, 15) is 0 Å². The summed E-state index contributed by atoms with van der Waals surface area (Å²) < 4.78 is 2.17. The number of halogens is 1. The minimum Gasteiger partial charge on any atom is -0.354 e. The van der Waals surface area contributed by atoms with E-state index >= 15 is 0 Å². The van der Waals surface area contributed by atoms with Crippen LogP contribution < -0.4 is 4.90 Å². The van der Waals surface area contributed by atoms with Crippen LogP contribution in [0.3, 0.4) is 0 Å². The SMILES string of the molecule is BrCC1CCCN1c1cccc2nccn12. The van der Waals surface area contributed by atoms with Crippen molar-refractivity contribution in [2.24, 2.45) is 0 Å². The molecule has 1 fully saturated rings. The second-order valence-corrected chi connectivity index (χ2v) is 4.83. The zero-order valence-corrected chi connectivity index (χ0v) is 10.6. The number of hydrogen-bond donors (Lipinski definition) is 0. The van der Waals surface area contributed by atoms with Crippen LogP contribution in [0, 0.1) is 0 Å². The molecule has 0 saturated carbocycles. The van der Waals surface area contributed by atoms with Crippen LogP contribution in [0.1, 0.15) is 12.8 Å². The van der Waals surface area contributed by atoms with Gasteiger partial charge in [0.25, 0.3) is 0 Å². The van der Waals surface area contributed by atoms with E-state index in [1.54, 1.807) is 0 Å². The van der Waals surface area contributed by atoms with E-state index in [0.29, 0.717) is 6.04 Å². The van der Waals surface area contributed by atoms with Crippen LogP contribution in [0.2, 0.25) is 0 Å². The average molecular weight is 280 g/mol. The Bertz CT molecular complexity index is 494. The van der Waals surface area contributed by atoms with Crippen LogP contribution in [0.5, 0.6) is 0 Å². The molecule has 0 aliphatic carbocycles. The maximum absolute atomic E-state index is 4.33. The van der Waals surface area contributed by atoms with E-state index in [1.807, 2.05) is 18.5 Å². The number of nitrogens with zero attached hydrogens (tertiary/aromatic N) is 3. The molecule has 0 radical (unpaired) electrons. The highest BCUT2D eigenvalue weighted by molar-refractivity contribution is 9.09. The number of hydrogen-bond acceptors (Lipinski definition) is 2. The fourth-order valence-corrected chi connectivity index (χ4v) is 3.14. The van der Waals surface area contributed by atoms with Gasteiger partial charge in [0.2, 0.25) is 0 Å². The monoisotopic (exact) mass is 279 g/mol. The van der Waals surface area contributed by atoms with Crippen LogP contribution in [0.4, 0.5) is 5.82 Å². The summed E-state index contributed by atoms with van der Waals surface area (Å²) in [7, 11) is 0. The van der Waals surface area contributed by atoms with Crippen LogP contribution in [-0.2, 0) is 0 Å². The predicted molar refractivity (Wildman–Crippen MR) is 69.4 cm³/mol. The van der Waals surface area contributed by atoms with Crippen molar-refractivity contribution in [1.29, 1.82) is 0 Å². The molecule has 0 bridgehead atoms. The summed E-state index contributed by atoms with van der Waals surface area (Å²) in [6.45, 7) is 1.15. The number of fused-ring (bicyclic) bond motifs is 1. The van der Waals surface area contributed by atoms with Gasteiger partial charge in [0.1, 0.15) is 11.5 Å². The number of aromatic nitrogens is 2. The summed E-state index contributed by atoms with van der Waals surface area (Å²) in [5.41, 5.74) is 1.03. The molecule has 0 N–H and O–H groups in total. The van der Waals surface area contributed by atoms with Gasteiger partial charge in [0.05, 0.1) is 0 Å². The standard InChI is InChI=1S/C12H14BrN3/c13-9-10-3-2-7-15(10)12-5-1-4-11-14-6-8-16(11)12/h1,4-6,8,10H,2-3,7,9H2. The third-order valence-corrected chi connectivity index (χ3v) is 4.00. The van der Waals surface area contributed by atoms with E-state index in [1.165, 1.54) is 18.7 Å². The first kappa shape index (κ1) is 10.1. The molecule has 1 aliphatic rings. The molecule has 84 valence electrons. The molecule has 1 saturated heterocycles. The van der Waals surface area contributed by atoms with Gasteiger partial charge in [-0.2, -0.15) is 0 Å². The second-order valence-electron chi connectivity index (χ2n) is 4.18. The number of pyridine rings is 1. The number of imidazole rings is 1. The lowest BCUT2D eigenvalue weighted by Crippen LogP contribution is -2.31.